The molecule has 5 fully saturated rings. The summed E-state index contributed by atoms with van der Waals surface area (Å²) in [5.74, 6) is 0.145. The van der Waals surface area contributed by atoms with Crippen LogP contribution in [0.15, 0.2) is 99.3 Å². The molecule has 6 aromatic rings. The lowest BCUT2D eigenvalue weighted by Gasteiger charge is -2.32. The molecule has 4 aliphatic carbocycles. The molecular weight excluding hydrogens is 1050 g/mol. The number of aryl methyl sites for hydroxylation is 2. The summed E-state index contributed by atoms with van der Waals surface area (Å²) in [6, 6.07) is 23.4. The molecule has 0 bridgehead atoms. The van der Waals surface area contributed by atoms with Gasteiger partial charge >= 0.3 is 21.1 Å². The van der Waals surface area contributed by atoms with Gasteiger partial charge in [0.25, 0.3) is 11.1 Å². The van der Waals surface area contributed by atoms with Crippen molar-refractivity contribution < 1.29 is 36.7 Å². The number of fused-ring (bicyclic) bond motifs is 4. The van der Waals surface area contributed by atoms with Crippen LogP contribution in [0.3, 0.4) is 0 Å². The Morgan fingerprint density at radius 1 is 0.487 bits per heavy atom. The fraction of sp³-hybridized carbons (Fsp3) is 0.516. The summed E-state index contributed by atoms with van der Waals surface area (Å²) >= 11 is 3.53. The average molecular weight is 1130 g/mol. The molecule has 0 radical (unpaired) electrons. The number of nitrogens with zero attached hydrogens (tertiary/aromatic N) is 2. The number of hydrogen-bond acceptors (Lipinski definition) is 8. The number of halogens is 3. The first-order chi connectivity index (χ1) is 36.6. The molecule has 4 aromatic carbocycles. The van der Waals surface area contributed by atoms with Crippen LogP contribution in [-0.4, -0.2) is 63.9 Å². The second-order valence-corrected chi connectivity index (χ2v) is 26.9. The Kier molecular flexibility index (Phi) is 14.2. The fourth-order valence-corrected chi connectivity index (χ4v) is 12.2. The van der Waals surface area contributed by atoms with Crippen molar-refractivity contribution in [2.24, 2.45) is 0 Å². The molecule has 5 heterocycles. The standard InChI is InChI=1S/C28H31BFNO3.C22H19BrFNO.C12H24B2O4/c1-27(2)28(3,4)34-29(33-27)21-10-11-22-18(15-21)6-5-7-24(22)31-13-12-19-14-20(17-8-9-17)16-23(30)25(19)26(31)32;23-17-6-7-18-14(11-17)2-1-3-20(18)25-9-8-15-10-16(13-4-5-13)12-19(24)21(15)22(25)26;1-9(2)10(3,4)16-13(15-9)14-17-11(5,6)12(7,8)18-14/h10-17,24H,5-9H2,1-4H3;6-13,20H,1-5H2;1-8H3. The van der Waals surface area contributed by atoms with Crippen LogP contribution in [0.5, 0.6) is 0 Å². The molecule has 0 spiro atoms. The third-order valence-corrected chi connectivity index (χ3v) is 19.4. The maximum absolute atomic E-state index is 15.0. The first-order valence-corrected chi connectivity index (χ1v) is 29.1. The average Bonchev–Trinajstić information content (AvgIpc) is 4.40. The van der Waals surface area contributed by atoms with E-state index in [1.165, 1.54) is 16.7 Å². The van der Waals surface area contributed by atoms with Crippen LogP contribution in [0.2, 0.25) is 0 Å². The molecule has 0 N–H and O–H groups in total. The van der Waals surface area contributed by atoms with Gasteiger partial charge in [-0.2, -0.15) is 0 Å². The lowest BCUT2D eigenvalue weighted by molar-refractivity contribution is 0.00578. The first-order valence-electron chi connectivity index (χ1n) is 28.3. The monoisotopic (exact) mass is 1120 g/mol. The number of benzene rings is 4. The summed E-state index contributed by atoms with van der Waals surface area (Å²) in [4.78, 5) is 26.6. The van der Waals surface area contributed by atoms with Gasteiger partial charge in [0.05, 0.1) is 56.5 Å². The van der Waals surface area contributed by atoms with E-state index in [-0.39, 0.29) is 62.2 Å². The van der Waals surface area contributed by atoms with Crippen LogP contribution in [-0.2, 0) is 40.8 Å². The van der Waals surface area contributed by atoms with Gasteiger partial charge in [-0.05, 0) is 245 Å². The number of hydrogen-bond donors (Lipinski definition) is 0. The lowest BCUT2D eigenvalue weighted by atomic mass is 9.49. The zero-order valence-electron chi connectivity index (χ0n) is 47.5. The molecule has 410 valence electrons. The Morgan fingerprint density at radius 2 is 0.872 bits per heavy atom. The summed E-state index contributed by atoms with van der Waals surface area (Å²) in [5.41, 5.74) is 5.14. The lowest BCUT2D eigenvalue weighted by Crippen LogP contribution is -2.41. The van der Waals surface area contributed by atoms with Gasteiger partial charge in [-0.15, -0.1) is 0 Å². The summed E-state index contributed by atoms with van der Waals surface area (Å²) < 4.78 is 70.7. The van der Waals surface area contributed by atoms with Crippen LogP contribution in [0.25, 0.3) is 21.5 Å². The predicted molar refractivity (Wildman–Crippen MR) is 311 cm³/mol. The van der Waals surface area contributed by atoms with E-state index in [1.54, 1.807) is 21.3 Å². The van der Waals surface area contributed by atoms with E-state index in [1.807, 2.05) is 104 Å². The smallest absolute Gasteiger partial charge is 0.405 e. The van der Waals surface area contributed by atoms with Crippen LogP contribution in [0.4, 0.5) is 8.78 Å². The quantitative estimate of drug-likeness (QED) is 0.152. The van der Waals surface area contributed by atoms with Crippen LogP contribution < -0.4 is 16.6 Å². The summed E-state index contributed by atoms with van der Waals surface area (Å²) in [7, 11) is -1.36. The number of pyridine rings is 2. The third kappa shape index (κ3) is 10.2. The molecule has 3 saturated heterocycles. The van der Waals surface area contributed by atoms with Gasteiger partial charge in [-0.3, -0.25) is 9.59 Å². The largest absolute Gasteiger partial charge is 0.494 e. The molecule has 0 amide bonds. The molecule has 2 atom stereocenters. The highest BCUT2D eigenvalue weighted by atomic mass is 79.9. The van der Waals surface area contributed by atoms with Crippen molar-refractivity contribution in [3.05, 3.63) is 155 Å². The molecule has 13 rings (SSSR count). The van der Waals surface area contributed by atoms with Gasteiger partial charge in [-0.25, -0.2) is 8.78 Å². The normalized spacial score (nSPS) is 24.1. The van der Waals surface area contributed by atoms with Crippen LogP contribution >= 0.6 is 15.9 Å². The van der Waals surface area contributed by atoms with Gasteiger partial charge in [0.15, 0.2) is 0 Å². The molecule has 10 nitrogen and oxygen atoms in total. The van der Waals surface area contributed by atoms with Crippen molar-refractivity contribution in [3.8, 4) is 0 Å². The molecule has 3 aliphatic heterocycles. The molecule has 2 unspecified atom stereocenters. The van der Waals surface area contributed by atoms with E-state index >= 15 is 4.39 Å². The van der Waals surface area contributed by atoms with E-state index in [2.05, 4.69) is 67.9 Å². The van der Waals surface area contributed by atoms with Gasteiger partial charge in [0, 0.05) is 16.9 Å². The van der Waals surface area contributed by atoms with E-state index in [4.69, 9.17) is 27.9 Å². The zero-order chi connectivity index (χ0) is 55.6. The second-order valence-electron chi connectivity index (χ2n) is 26.0. The maximum Gasteiger partial charge on any atom is 0.494 e. The topological polar surface area (TPSA) is 99.4 Å². The van der Waals surface area contributed by atoms with Crippen LogP contribution in [0, 0.1) is 11.6 Å². The highest BCUT2D eigenvalue weighted by molar-refractivity contribution is 9.10. The highest BCUT2D eigenvalue weighted by Crippen LogP contribution is 2.45. The van der Waals surface area contributed by atoms with Gasteiger partial charge in [-0.1, -0.05) is 52.3 Å². The van der Waals surface area contributed by atoms with Gasteiger partial charge < -0.3 is 37.1 Å². The Labute approximate surface area is 467 Å². The summed E-state index contributed by atoms with van der Waals surface area (Å²) in [5, 5.41) is 1.85. The number of rotatable bonds is 6. The van der Waals surface area contributed by atoms with Crippen molar-refractivity contribution >= 4 is 64.1 Å². The van der Waals surface area contributed by atoms with Crippen molar-refractivity contribution in [2.75, 3.05) is 0 Å². The van der Waals surface area contributed by atoms with E-state index in [0.717, 1.165) is 96.2 Å². The minimum absolute atomic E-state index is 0.0220. The molecule has 78 heavy (non-hydrogen) atoms. The second kappa shape index (κ2) is 19.9. The minimum atomic E-state index is -0.476. The molecule has 16 heteroatoms. The molecule has 2 saturated carbocycles. The summed E-state index contributed by atoms with van der Waals surface area (Å²) in [6.45, 7) is 24.4. The first kappa shape index (κ1) is 55.5. The third-order valence-electron chi connectivity index (χ3n) is 18.9. The maximum atomic E-state index is 15.0. The van der Waals surface area contributed by atoms with Crippen molar-refractivity contribution in [1.29, 1.82) is 0 Å². The van der Waals surface area contributed by atoms with Gasteiger partial charge in [0.1, 0.15) is 11.6 Å². The highest BCUT2D eigenvalue weighted by Gasteiger charge is 2.64. The Morgan fingerprint density at radius 3 is 1.28 bits per heavy atom. The van der Waals surface area contributed by atoms with Crippen molar-refractivity contribution in [1.82, 2.24) is 9.13 Å². The van der Waals surface area contributed by atoms with E-state index in [0.29, 0.717) is 17.2 Å². The molecule has 2 aromatic heterocycles. The van der Waals surface area contributed by atoms with Gasteiger partial charge in [0.2, 0.25) is 0 Å². The van der Waals surface area contributed by atoms with E-state index in [9.17, 15) is 14.0 Å². The van der Waals surface area contributed by atoms with E-state index < -0.39 is 38.2 Å². The molecule has 7 aliphatic rings. The SMILES string of the molecule is CC1(C)OB(B2OC(C)(C)C(C)(C)O2)OC1(C)C.CC1(C)OB(c2ccc3c(c2)CCCC3n2ccc3cc(C4CC4)cc(F)c3c2=O)OC1(C)C.O=c1c2c(F)cc(C3CC3)cc2ccn1C1CCCc2cc(Br)ccc21. The number of aromatic nitrogens is 2. The Bertz CT molecular complexity index is 3380. The van der Waals surface area contributed by atoms with Crippen molar-refractivity contribution in [2.45, 2.75) is 205 Å². The Hall–Kier alpha value is -4.41. The Balaban J connectivity index is 0.000000131. The zero-order valence-corrected chi connectivity index (χ0v) is 49.1. The molecular formula is C62H74B3BrF2N2O8. The fourth-order valence-electron chi connectivity index (χ4n) is 11.8. The van der Waals surface area contributed by atoms with Crippen molar-refractivity contribution in [3.63, 3.8) is 0 Å². The van der Waals surface area contributed by atoms with Crippen LogP contribution in [0.1, 0.15) is 192 Å². The minimum Gasteiger partial charge on any atom is -0.405 e. The summed E-state index contributed by atoms with van der Waals surface area (Å²) in [6.07, 6.45) is 13.9. The predicted octanol–water partition coefficient (Wildman–Crippen LogP) is 13.2.